The number of nitrogen functional groups attached to an aromatic ring is 1. The molecule has 26 heavy (non-hydrogen) atoms. The SMILES string of the molecule is CCOC(Cc1c(N)nc[nH]c1=O)OCC.O=c1[nH]cnc2[nH]ccc12. The van der Waals surface area contributed by atoms with E-state index in [0.717, 1.165) is 0 Å². The first-order valence-corrected chi connectivity index (χ1v) is 8.12. The number of nitrogens with one attached hydrogen (secondary N) is 3. The Morgan fingerprint density at radius 3 is 2.31 bits per heavy atom. The third-order valence-corrected chi connectivity index (χ3v) is 3.42. The molecule has 3 aromatic rings. The van der Waals surface area contributed by atoms with Crippen LogP contribution >= 0.6 is 0 Å². The number of anilines is 1. The van der Waals surface area contributed by atoms with Gasteiger partial charge in [0.15, 0.2) is 6.29 Å². The second-order valence-electron chi connectivity index (χ2n) is 5.11. The van der Waals surface area contributed by atoms with Gasteiger partial charge in [-0.05, 0) is 19.9 Å². The van der Waals surface area contributed by atoms with Gasteiger partial charge < -0.3 is 30.2 Å². The zero-order valence-corrected chi connectivity index (χ0v) is 14.6. The first kappa shape index (κ1) is 19.3. The number of aromatic nitrogens is 5. The summed E-state index contributed by atoms with van der Waals surface area (Å²) in [6.07, 6.45) is 4.19. The number of aromatic amines is 3. The van der Waals surface area contributed by atoms with Gasteiger partial charge in [0.05, 0.1) is 23.6 Å². The van der Waals surface area contributed by atoms with E-state index in [9.17, 15) is 9.59 Å². The zero-order valence-electron chi connectivity index (χ0n) is 14.6. The molecule has 0 saturated heterocycles. The van der Waals surface area contributed by atoms with Gasteiger partial charge in [-0.1, -0.05) is 0 Å². The molecule has 3 rings (SSSR count). The molecule has 0 aliphatic heterocycles. The second kappa shape index (κ2) is 9.49. The Hall–Kier alpha value is -2.98. The highest BCUT2D eigenvalue weighted by molar-refractivity contribution is 5.73. The van der Waals surface area contributed by atoms with Gasteiger partial charge in [0.2, 0.25) is 0 Å². The summed E-state index contributed by atoms with van der Waals surface area (Å²) in [6.45, 7) is 4.76. The topological polar surface area (TPSA) is 152 Å². The number of hydrogen-bond acceptors (Lipinski definition) is 7. The Kier molecular flexibility index (Phi) is 7.06. The molecule has 0 spiro atoms. The standard InChI is InChI=1S/C10H17N3O3.C6H5N3O/c1-3-15-8(16-4-2)5-7-9(11)12-6-13-10(7)14;10-6-4-1-2-7-5(4)8-3-9-6/h6,8H,3-5H2,1-2H3,(H3,11,12,13,14);1-3H,(H2,7,8,9,10). The van der Waals surface area contributed by atoms with Crippen LogP contribution in [0.25, 0.3) is 11.0 Å². The molecule has 140 valence electrons. The average Bonchev–Trinajstić information content (AvgIpc) is 3.09. The number of hydrogen-bond donors (Lipinski definition) is 4. The van der Waals surface area contributed by atoms with Crippen LogP contribution in [0.1, 0.15) is 19.4 Å². The zero-order chi connectivity index (χ0) is 18.9. The number of ether oxygens (including phenoxy) is 2. The Labute approximate surface area is 148 Å². The largest absolute Gasteiger partial charge is 0.383 e. The molecule has 0 aliphatic carbocycles. The smallest absolute Gasteiger partial charge is 0.260 e. The summed E-state index contributed by atoms with van der Waals surface area (Å²) in [5, 5.41) is 0.600. The fourth-order valence-corrected chi connectivity index (χ4v) is 2.23. The molecule has 0 bridgehead atoms. The normalized spacial score (nSPS) is 10.7. The predicted octanol–water partition coefficient (Wildman–Crippen LogP) is 0.545. The molecule has 0 unspecified atom stereocenters. The Balaban J connectivity index is 0.000000206. The fourth-order valence-electron chi connectivity index (χ4n) is 2.23. The molecule has 5 N–H and O–H groups in total. The lowest BCUT2D eigenvalue weighted by Crippen LogP contribution is -2.26. The molecule has 0 atom stereocenters. The molecule has 3 heterocycles. The minimum Gasteiger partial charge on any atom is -0.383 e. The van der Waals surface area contributed by atoms with Crippen molar-refractivity contribution in [2.24, 2.45) is 0 Å². The molecule has 10 nitrogen and oxygen atoms in total. The quantitative estimate of drug-likeness (QED) is 0.467. The highest BCUT2D eigenvalue weighted by Crippen LogP contribution is 2.08. The molecule has 3 aromatic heterocycles. The van der Waals surface area contributed by atoms with E-state index in [2.05, 4.69) is 24.9 Å². The van der Waals surface area contributed by atoms with Gasteiger partial charge in [-0.25, -0.2) is 9.97 Å². The minimum atomic E-state index is -0.456. The van der Waals surface area contributed by atoms with Crippen molar-refractivity contribution < 1.29 is 9.47 Å². The highest BCUT2D eigenvalue weighted by atomic mass is 16.7. The van der Waals surface area contributed by atoms with Crippen LogP contribution in [0.3, 0.4) is 0 Å². The highest BCUT2D eigenvalue weighted by Gasteiger charge is 2.14. The van der Waals surface area contributed by atoms with E-state index in [4.69, 9.17) is 15.2 Å². The van der Waals surface area contributed by atoms with Crippen molar-refractivity contribution in [1.82, 2.24) is 24.9 Å². The summed E-state index contributed by atoms with van der Waals surface area (Å²) in [6, 6.07) is 1.70. The van der Waals surface area contributed by atoms with Gasteiger partial charge in [0.25, 0.3) is 11.1 Å². The lowest BCUT2D eigenvalue weighted by molar-refractivity contribution is -0.134. The van der Waals surface area contributed by atoms with Crippen LogP contribution in [-0.4, -0.2) is 44.4 Å². The predicted molar refractivity (Wildman–Crippen MR) is 96.7 cm³/mol. The molecular weight excluding hydrogens is 340 g/mol. The molecule has 0 fully saturated rings. The number of nitrogens with two attached hydrogens (primary N) is 1. The Morgan fingerprint density at radius 1 is 1.04 bits per heavy atom. The maximum Gasteiger partial charge on any atom is 0.260 e. The van der Waals surface area contributed by atoms with Crippen molar-refractivity contribution in [2.45, 2.75) is 26.6 Å². The second-order valence-corrected chi connectivity index (χ2v) is 5.11. The maximum atomic E-state index is 11.5. The molecule has 0 aromatic carbocycles. The van der Waals surface area contributed by atoms with E-state index in [1.807, 2.05) is 13.8 Å². The number of rotatable bonds is 6. The summed E-state index contributed by atoms with van der Waals surface area (Å²) < 4.78 is 10.7. The molecule has 0 amide bonds. The van der Waals surface area contributed by atoms with Crippen LogP contribution in [0.4, 0.5) is 5.82 Å². The van der Waals surface area contributed by atoms with Gasteiger partial charge >= 0.3 is 0 Å². The summed E-state index contributed by atoms with van der Waals surface area (Å²) in [5.74, 6) is 0.216. The van der Waals surface area contributed by atoms with E-state index >= 15 is 0 Å². The first-order chi connectivity index (χ1) is 12.6. The van der Waals surface area contributed by atoms with Gasteiger partial charge in [-0.3, -0.25) is 9.59 Å². The number of fused-ring (bicyclic) bond motifs is 1. The average molecular weight is 362 g/mol. The van der Waals surface area contributed by atoms with Crippen molar-refractivity contribution in [2.75, 3.05) is 18.9 Å². The number of H-pyrrole nitrogens is 3. The molecule has 0 aliphatic rings. The Bertz CT molecular complexity index is 926. The molecule has 0 radical (unpaired) electrons. The lowest BCUT2D eigenvalue weighted by Gasteiger charge is -2.16. The number of nitrogens with zero attached hydrogens (tertiary/aromatic N) is 2. The van der Waals surface area contributed by atoms with Crippen LogP contribution in [-0.2, 0) is 15.9 Å². The summed E-state index contributed by atoms with van der Waals surface area (Å²) >= 11 is 0. The van der Waals surface area contributed by atoms with Crippen LogP contribution in [0.2, 0.25) is 0 Å². The van der Waals surface area contributed by atoms with Crippen LogP contribution < -0.4 is 16.9 Å². The Morgan fingerprint density at radius 2 is 1.69 bits per heavy atom. The summed E-state index contributed by atoms with van der Waals surface area (Å²) in [4.78, 5) is 37.9. The van der Waals surface area contributed by atoms with Crippen molar-refractivity contribution in [1.29, 1.82) is 0 Å². The van der Waals surface area contributed by atoms with E-state index in [1.165, 1.54) is 12.7 Å². The fraction of sp³-hybridized carbons (Fsp3) is 0.375. The summed E-state index contributed by atoms with van der Waals surface area (Å²) in [5.41, 5.74) is 6.29. The van der Waals surface area contributed by atoms with Gasteiger partial charge in [-0.2, -0.15) is 0 Å². The molecule has 0 saturated carbocycles. The first-order valence-electron chi connectivity index (χ1n) is 8.12. The lowest BCUT2D eigenvalue weighted by atomic mass is 10.2. The van der Waals surface area contributed by atoms with E-state index in [0.29, 0.717) is 36.2 Å². The summed E-state index contributed by atoms with van der Waals surface area (Å²) in [7, 11) is 0. The van der Waals surface area contributed by atoms with Crippen LogP contribution in [0, 0.1) is 0 Å². The van der Waals surface area contributed by atoms with Crippen molar-refractivity contribution in [3.63, 3.8) is 0 Å². The van der Waals surface area contributed by atoms with Crippen molar-refractivity contribution >= 4 is 16.9 Å². The minimum absolute atomic E-state index is 0.105. The van der Waals surface area contributed by atoms with Crippen LogP contribution in [0.15, 0.2) is 34.5 Å². The maximum absolute atomic E-state index is 11.5. The van der Waals surface area contributed by atoms with Crippen LogP contribution in [0.5, 0.6) is 0 Å². The van der Waals surface area contributed by atoms with E-state index < -0.39 is 6.29 Å². The van der Waals surface area contributed by atoms with E-state index in [-0.39, 0.29) is 16.9 Å². The monoisotopic (exact) mass is 362 g/mol. The third kappa shape index (κ3) is 5.01. The third-order valence-electron chi connectivity index (χ3n) is 3.42. The van der Waals surface area contributed by atoms with Crippen molar-refractivity contribution in [3.8, 4) is 0 Å². The molecular formula is C16H22N6O4. The van der Waals surface area contributed by atoms with Gasteiger partial charge in [0, 0.05) is 25.8 Å². The molecule has 10 heteroatoms. The van der Waals surface area contributed by atoms with Gasteiger partial charge in [0.1, 0.15) is 11.5 Å². The van der Waals surface area contributed by atoms with E-state index in [1.54, 1.807) is 12.3 Å². The van der Waals surface area contributed by atoms with Crippen molar-refractivity contribution in [3.05, 3.63) is 51.2 Å². The van der Waals surface area contributed by atoms with Gasteiger partial charge in [-0.15, -0.1) is 0 Å².